The fourth-order valence-corrected chi connectivity index (χ4v) is 2.92. The molecule has 1 fully saturated rings. The fourth-order valence-electron chi connectivity index (χ4n) is 2.92. The molecule has 0 saturated heterocycles. The maximum Gasteiger partial charge on any atom is 0.354 e. The number of hydrogen-bond donors (Lipinski definition) is 1. The molecule has 0 amide bonds. The fraction of sp³-hybridized carbons (Fsp3) is 0.312. The van der Waals surface area contributed by atoms with E-state index in [-0.39, 0.29) is 11.7 Å². The van der Waals surface area contributed by atoms with E-state index in [0.29, 0.717) is 29.4 Å². The zero-order chi connectivity index (χ0) is 16.7. The van der Waals surface area contributed by atoms with Gasteiger partial charge in [0.1, 0.15) is 11.5 Å². The lowest BCUT2D eigenvalue weighted by molar-refractivity contribution is 0.0690. The Morgan fingerprint density at radius 1 is 1.50 bits per heavy atom. The predicted octanol–water partition coefficient (Wildman–Crippen LogP) is 2.16. The van der Waals surface area contributed by atoms with E-state index in [4.69, 9.17) is 5.26 Å². The molecule has 8 heteroatoms. The lowest BCUT2D eigenvalue weighted by atomic mass is 10.1. The molecule has 1 aliphatic carbocycles. The molecule has 24 heavy (non-hydrogen) atoms. The molecule has 1 unspecified atom stereocenters. The Kier molecular flexibility index (Phi) is 3.27. The van der Waals surface area contributed by atoms with Gasteiger partial charge in [-0.3, -0.25) is 9.08 Å². The number of aromatic carboxylic acids is 1. The first-order valence-corrected chi connectivity index (χ1v) is 7.66. The van der Waals surface area contributed by atoms with Gasteiger partial charge in [0.2, 0.25) is 0 Å². The molecule has 0 radical (unpaired) electrons. The van der Waals surface area contributed by atoms with E-state index >= 15 is 0 Å². The zero-order valence-corrected chi connectivity index (χ0v) is 12.7. The normalized spacial score (nSPS) is 15.3. The second-order valence-electron chi connectivity index (χ2n) is 5.90. The predicted molar refractivity (Wildman–Crippen MR) is 83.2 cm³/mol. The van der Waals surface area contributed by atoms with Crippen molar-refractivity contribution in [1.29, 1.82) is 5.26 Å². The number of hydrogen-bond acceptors (Lipinski definition) is 5. The Morgan fingerprint density at radius 3 is 3.04 bits per heavy atom. The third-order valence-corrected chi connectivity index (χ3v) is 4.27. The van der Waals surface area contributed by atoms with Gasteiger partial charge in [-0.15, -0.1) is 0 Å². The number of imidazole rings is 1. The molecule has 0 spiro atoms. The van der Waals surface area contributed by atoms with Crippen molar-refractivity contribution in [1.82, 2.24) is 24.1 Å². The molecule has 0 aromatic carbocycles. The summed E-state index contributed by atoms with van der Waals surface area (Å²) >= 11 is 0. The highest BCUT2D eigenvalue weighted by Crippen LogP contribution is 2.41. The average Bonchev–Trinajstić information content (AvgIpc) is 3.10. The Hall–Kier alpha value is -3.21. The molecule has 0 aliphatic heterocycles. The van der Waals surface area contributed by atoms with Gasteiger partial charge in [-0.05, 0) is 18.8 Å². The highest BCUT2D eigenvalue weighted by Gasteiger charge is 2.33. The summed E-state index contributed by atoms with van der Waals surface area (Å²) in [7, 11) is 0. The molecule has 8 nitrogen and oxygen atoms in total. The summed E-state index contributed by atoms with van der Waals surface area (Å²) in [5.74, 6) is -0.140. The lowest BCUT2D eigenvalue weighted by Gasteiger charge is -2.12. The average molecular weight is 322 g/mol. The molecule has 120 valence electrons. The van der Waals surface area contributed by atoms with Crippen LogP contribution in [0.5, 0.6) is 0 Å². The van der Waals surface area contributed by atoms with Gasteiger partial charge in [-0.2, -0.15) is 10.4 Å². The number of nitrogens with zero attached hydrogens (tertiary/aromatic N) is 6. The van der Waals surface area contributed by atoms with Crippen molar-refractivity contribution >= 4 is 11.6 Å². The van der Waals surface area contributed by atoms with Crippen molar-refractivity contribution in [2.75, 3.05) is 0 Å². The molecule has 3 aromatic heterocycles. The van der Waals surface area contributed by atoms with Crippen LogP contribution in [0.4, 0.5) is 0 Å². The summed E-state index contributed by atoms with van der Waals surface area (Å²) in [5.41, 5.74) is 1.15. The maximum atomic E-state index is 11.3. The van der Waals surface area contributed by atoms with E-state index < -0.39 is 5.97 Å². The van der Waals surface area contributed by atoms with E-state index in [1.165, 1.54) is 6.07 Å². The van der Waals surface area contributed by atoms with Crippen molar-refractivity contribution in [3.63, 3.8) is 0 Å². The van der Waals surface area contributed by atoms with Gasteiger partial charge in [0, 0.05) is 24.7 Å². The van der Waals surface area contributed by atoms with E-state index in [2.05, 4.69) is 21.1 Å². The molecule has 3 heterocycles. The van der Waals surface area contributed by atoms with Crippen LogP contribution in [0.2, 0.25) is 0 Å². The number of aromatic nitrogens is 5. The van der Waals surface area contributed by atoms with E-state index in [0.717, 1.165) is 12.8 Å². The van der Waals surface area contributed by atoms with Gasteiger partial charge >= 0.3 is 5.97 Å². The molecular formula is C16H14N6O2. The summed E-state index contributed by atoms with van der Waals surface area (Å²) in [5, 5.41) is 22.7. The third kappa shape index (κ3) is 2.40. The molecule has 4 rings (SSSR count). The van der Waals surface area contributed by atoms with Crippen molar-refractivity contribution in [2.45, 2.75) is 25.3 Å². The molecular weight excluding hydrogens is 308 g/mol. The quantitative estimate of drug-likeness (QED) is 0.771. The Labute approximate surface area is 137 Å². The highest BCUT2D eigenvalue weighted by atomic mass is 16.4. The largest absolute Gasteiger partial charge is 0.477 e. The Bertz CT molecular complexity index is 963. The first-order valence-electron chi connectivity index (χ1n) is 7.66. The van der Waals surface area contributed by atoms with Crippen molar-refractivity contribution in [3.05, 3.63) is 36.5 Å². The number of carboxylic acids is 1. The summed E-state index contributed by atoms with van der Waals surface area (Å²) in [6.07, 6.45) is 9.44. The van der Waals surface area contributed by atoms with E-state index in [9.17, 15) is 9.90 Å². The lowest BCUT2D eigenvalue weighted by Crippen LogP contribution is -2.11. The van der Waals surface area contributed by atoms with Crippen molar-refractivity contribution < 1.29 is 9.90 Å². The number of nitriles is 1. The minimum absolute atomic E-state index is 0.0599. The Morgan fingerprint density at radius 2 is 2.33 bits per heavy atom. The van der Waals surface area contributed by atoms with Gasteiger partial charge in [0.15, 0.2) is 5.69 Å². The second-order valence-corrected chi connectivity index (χ2v) is 5.90. The molecule has 1 aliphatic rings. The minimum Gasteiger partial charge on any atom is -0.477 e. The van der Waals surface area contributed by atoms with Gasteiger partial charge in [-0.1, -0.05) is 0 Å². The van der Waals surface area contributed by atoms with Crippen LogP contribution in [-0.4, -0.2) is 35.2 Å². The molecule has 0 bridgehead atoms. The summed E-state index contributed by atoms with van der Waals surface area (Å²) in [6, 6.07) is 3.71. The van der Waals surface area contributed by atoms with Crippen LogP contribution in [-0.2, 0) is 0 Å². The maximum absolute atomic E-state index is 11.3. The van der Waals surface area contributed by atoms with Crippen LogP contribution in [0.25, 0.3) is 17.0 Å². The topological polar surface area (TPSA) is 109 Å². The molecule has 1 N–H and O–H groups in total. The molecule has 1 saturated carbocycles. The standard InChI is InChI=1S/C16H14N6O2/c17-4-3-13(10-1-2-10)22-9-11(8-19-22)15-20-12(16(23)24)7-14-18-5-6-21(14)15/h5-10,13H,1-3H2,(H,23,24). The summed E-state index contributed by atoms with van der Waals surface area (Å²) in [4.78, 5) is 19.7. The van der Waals surface area contributed by atoms with Gasteiger partial charge in [0.05, 0.1) is 30.3 Å². The molecule has 3 aromatic rings. The number of carbonyl (C=O) groups is 1. The highest BCUT2D eigenvalue weighted by molar-refractivity contribution is 5.87. The first kappa shape index (κ1) is 14.4. The summed E-state index contributed by atoms with van der Waals surface area (Å²) < 4.78 is 3.53. The van der Waals surface area contributed by atoms with E-state index in [1.54, 1.807) is 27.7 Å². The Balaban J connectivity index is 1.79. The van der Waals surface area contributed by atoms with Crippen LogP contribution in [0, 0.1) is 17.2 Å². The van der Waals surface area contributed by atoms with Crippen LogP contribution >= 0.6 is 0 Å². The zero-order valence-electron chi connectivity index (χ0n) is 12.7. The van der Waals surface area contributed by atoms with Crippen LogP contribution < -0.4 is 0 Å². The van der Waals surface area contributed by atoms with Crippen LogP contribution in [0.15, 0.2) is 30.9 Å². The van der Waals surface area contributed by atoms with Gasteiger partial charge in [-0.25, -0.2) is 14.8 Å². The van der Waals surface area contributed by atoms with Crippen molar-refractivity contribution in [2.24, 2.45) is 5.92 Å². The van der Waals surface area contributed by atoms with Crippen molar-refractivity contribution in [3.8, 4) is 17.5 Å². The van der Waals surface area contributed by atoms with Gasteiger partial charge in [0.25, 0.3) is 0 Å². The second kappa shape index (κ2) is 5.45. The summed E-state index contributed by atoms with van der Waals surface area (Å²) in [6.45, 7) is 0. The van der Waals surface area contributed by atoms with Gasteiger partial charge < -0.3 is 5.11 Å². The number of carboxylic acid groups (broad SMARTS) is 1. The third-order valence-electron chi connectivity index (χ3n) is 4.27. The monoisotopic (exact) mass is 322 g/mol. The minimum atomic E-state index is -1.10. The van der Waals surface area contributed by atoms with E-state index in [1.807, 2.05) is 6.20 Å². The van der Waals surface area contributed by atoms with Crippen LogP contribution in [0.3, 0.4) is 0 Å². The molecule has 1 atom stereocenters. The first-order chi connectivity index (χ1) is 11.7. The van der Waals surface area contributed by atoms with Crippen LogP contribution in [0.1, 0.15) is 35.8 Å². The SMILES string of the molecule is N#CCC(C1CC1)n1cc(-c2nc(C(=O)O)cc3nccn23)cn1. The number of rotatable bonds is 5. The number of fused-ring (bicyclic) bond motifs is 1. The smallest absolute Gasteiger partial charge is 0.354 e.